The standard InChI is InChI=1S/C14H19ClN2S/c1-17(9-10-5-2-3-6-10)12-8-4-7-11(15)13(12)14(16)18/h4,7-8,10H,2-3,5-6,9H2,1H3,(H2,16,18). The highest BCUT2D eigenvalue weighted by Gasteiger charge is 2.19. The van der Waals surface area contributed by atoms with Gasteiger partial charge in [-0.15, -0.1) is 0 Å². The summed E-state index contributed by atoms with van der Waals surface area (Å²) < 4.78 is 0. The quantitative estimate of drug-likeness (QED) is 0.856. The molecule has 2 nitrogen and oxygen atoms in total. The zero-order valence-corrected chi connectivity index (χ0v) is 12.2. The smallest absolute Gasteiger partial charge is 0.107 e. The summed E-state index contributed by atoms with van der Waals surface area (Å²) in [5.74, 6) is 0.785. The van der Waals surface area contributed by atoms with Crippen molar-refractivity contribution in [2.45, 2.75) is 25.7 Å². The Kier molecular flexibility index (Phi) is 4.46. The van der Waals surface area contributed by atoms with Gasteiger partial charge in [0.1, 0.15) is 4.99 Å². The van der Waals surface area contributed by atoms with Crippen LogP contribution in [0.3, 0.4) is 0 Å². The third-order valence-electron chi connectivity index (χ3n) is 3.66. The number of nitrogens with zero attached hydrogens (tertiary/aromatic N) is 1. The molecule has 2 N–H and O–H groups in total. The molecule has 2 rings (SSSR count). The van der Waals surface area contributed by atoms with E-state index in [-0.39, 0.29) is 0 Å². The van der Waals surface area contributed by atoms with Crippen LogP contribution in [0.5, 0.6) is 0 Å². The number of rotatable bonds is 4. The van der Waals surface area contributed by atoms with E-state index in [4.69, 9.17) is 29.6 Å². The van der Waals surface area contributed by atoms with Crippen molar-refractivity contribution in [2.75, 3.05) is 18.5 Å². The number of anilines is 1. The minimum absolute atomic E-state index is 0.369. The van der Waals surface area contributed by atoms with E-state index in [1.165, 1.54) is 25.7 Å². The summed E-state index contributed by atoms with van der Waals surface area (Å²) in [4.78, 5) is 2.60. The molecule has 98 valence electrons. The fraction of sp³-hybridized carbons (Fsp3) is 0.500. The molecular formula is C14H19ClN2S. The Morgan fingerprint density at radius 2 is 2.11 bits per heavy atom. The average Bonchev–Trinajstić information content (AvgIpc) is 2.80. The molecule has 0 bridgehead atoms. The highest BCUT2D eigenvalue weighted by molar-refractivity contribution is 7.80. The zero-order valence-electron chi connectivity index (χ0n) is 10.7. The van der Waals surface area contributed by atoms with Crippen molar-refractivity contribution < 1.29 is 0 Å². The van der Waals surface area contributed by atoms with E-state index >= 15 is 0 Å². The maximum absolute atomic E-state index is 6.19. The molecule has 0 amide bonds. The van der Waals surface area contributed by atoms with E-state index < -0.39 is 0 Å². The van der Waals surface area contributed by atoms with Crippen LogP contribution in [-0.2, 0) is 0 Å². The van der Waals surface area contributed by atoms with Crippen molar-refractivity contribution >= 4 is 34.5 Å². The molecule has 1 aliphatic rings. The van der Waals surface area contributed by atoms with Crippen molar-refractivity contribution in [3.63, 3.8) is 0 Å². The minimum atomic E-state index is 0.369. The van der Waals surface area contributed by atoms with E-state index in [9.17, 15) is 0 Å². The van der Waals surface area contributed by atoms with Gasteiger partial charge in [0, 0.05) is 19.3 Å². The largest absolute Gasteiger partial charge is 0.389 e. The highest BCUT2D eigenvalue weighted by Crippen LogP contribution is 2.30. The van der Waals surface area contributed by atoms with Gasteiger partial charge in [-0.2, -0.15) is 0 Å². The fourth-order valence-electron chi connectivity index (χ4n) is 2.75. The zero-order chi connectivity index (χ0) is 13.1. The summed E-state index contributed by atoms with van der Waals surface area (Å²) in [7, 11) is 2.09. The number of halogens is 1. The summed E-state index contributed by atoms with van der Waals surface area (Å²) in [6, 6.07) is 5.82. The van der Waals surface area contributed by atoms with Crippen molar-refractivity contribution in [3.05, 3.63) is 28.8 Å². The number of thiocarbonyl (C=S) groups is 1. The topological polar surface area (TPSA) is 29.3 Å². The lowest BCUT2D eigenvalue weighted by molar-refractivity contribution is 0.547. The van der Waals surface area contributed by atoms with Crippen LogP contribution in [0.1, 0.15) is 31.2 Å². The van der Waals surface area contributed by atoms with Gasteiger partial charge in [0.2, 0.25) is 0 Å². The summed E-state index contributed by atoms with van der Waals surface area (Å²) in [6.45, 7) is 1.05. The van der Waals surface area contributed by atoms with Crippen LogP contribution in [-0.4, -0.2) is 18.6 Å². The molecule has 1 aliphatic carbocycles. The van der Waals surface area contributed by atoms with Crippen molar-refractivity contribution in [2.24, 2.45) is 11.7 Å². The van der Waals surface area contributed by atoms with Crippen LogP contribution >= 0.6 is 23.8 Å². The van der Waals surface area contributed by atoms with E-state index in [0.29, 0.717) is 10.0 Å². The first kappa shape index (κ1) is 13.6. The summed E-state index contributed by atoms with van der Waals surface area (Å²) >= 11 is 11.3. The highest BCUT2D eigenvalue weighted by atomic mass is 35.5. The Morgan fingerprint density at radius 1 is 1.44 bits per heavy atom. The van der Waals surface area contributed by atoms with Gasteiger partial charge < -0.3 is 10.6 Å². The molecule has 1 aromatic carbocycles. The second kappa shape index (κ2) is 5.89. The molecular weight excluding hydrogens is 264 g/mol. The first-order valence-corrected chi connectivity index (χ1v) is 7.17. The molecule has 0 aliphatic heterocycles. The van der Waals surface area contributed by atoms with Crippen molar-refractivity contribution in [1.29, 1.82) is 0 Å². The third-order valence-corrected chi connectivity index (χ3v) is 4.18. The number of benzene rings is 1. The Bertz CT molecular complexity index is 441. The average molecular weight is 283 g/mol. The molecule has 0 heterocycles. The van der Waals surface area contributed by atoms with Crippen LogP contribution < -0.4 is 10.6 Å². The monoisotopic (exact) mass is 282 g/mol. The van der Waals surface area contributed by atoms with Crippen molar-refractivity contribution in [3.8, 4) is 0 Å². The van der Waals surface area contributed by atoms with Crippen LogP contribution in [0.25, 0.3) is 0 Å². The minimum Gasteiger partial charge on any atom is -0.389 e. The maximum atomic E-state index is 6.19. The van der Waals surface area contributed by atoms with E-state index in [2.05, 4.69) is 11.9 Å². The summed E-state index contributed by atoms with van der Waals surface area (Å²) in [5, 5.41) is 0.637. The van der Waals surface area contributed by atoms with Crippen LogP contribution in [0, 0.1) is 5.92 Å². The fourth-order valence-corrected chi connectivity index (χ4v) is 3.30. The van der Waals surface area contributed by atoms with E-state index in [0.717, 1.165) is 23.7 Å². The third kappa shape index (κ3) is 2.96. The van der Waals surface area contributed by atoms with Crippen molar-refractivity contribution in [1.82, 2.24) is 0 Å². The SMILES string of the molecule is CN(CC1CCCC1)c1cccc(Cl)c1C(N)=S. The lowest BCUT2D eigenvalue weighted by atomic mass is 10.1. The summed E-state index contributed by atoms with van der Waals surface area (Å²) in [5.41, 5.74) is 7.63. The van der Waals surface area contributed by atoms with Gasteiger partial charge in [0.25, 0.3) is 0 Å². The second-order valence-electron chi connectivity index (χ2n) is 5.03. The first-order valence-electron chi connectivity index (χ1n) is 6.39. The van der Waals surface area contributed by atoms with Crippen LogP contribution in [0.4, 0.5) is 5.69 Å². The molecule has 0 spiro atoms. The molecule has 1 aromatic rings. The van der Waals surface area contributed by atoms with Crippen LogP contribution in [0.2, 0.25) is 5.02 Å². The molecule has 0 atom stereocenters. The van der Waals surface area contributed by atoms with Gasteiger partial charge in [-0.1, -0.05) is 42.7 Å². The predicted octanol–water partition coefficient (Wildman–Crippen LogP) is 3.60. The second-order valence-corrected chi connectivity index (χ2v) is 5.88. The van der Waals surface area contributed by atoms with Gasteiger partial charge in [-0.05, 0) is 30.9 Å². The van der Waals surface area contributed by atoms with E-state index in [1.54, 1.807) is 0 Å². The molecule has 0 unspecified atom stereocenters. The van der Waals surface area contributed by atoms with Crippen LogP contribution in [0.15, 0.2) is 18.2 Å². The molecule has 0 saturated heterocycles. The molecule has 1 saturated carbocycles. The molecule has 1 fully saturated rings. The number of nitrogens with two attached hydrogens (primary N) is 1. The van der Waals surface area contributed by atoms with Gasteiger partial charge >= 0.3 is 0 Å². The van der Waals surface area contributed by atoms with E-state index in [1.807, 2.05) is 18.2 Å². The molecule has 18 heavy (non-hydrogen) atoms. The maximum Gasteiger partial charge on any atom is 0.107 e. The summed E-state index contributed by atoms with van der Waals surface area (Å²) in [6.07, 6.45) is 5.37. The Hall–Kier alpha value is -0.800. The normalized spacial score (nSPS) is 15.9. The van der Waals surface area contributed by atoms with Gasteiger partial charge in [-0.3, -0.25) is 0 Å². The lowest BCUT2D eigenvalue weighted by Gasteiger charge is -2.25. The Labute approximate surface area is 119 Å². The molecule has 0 aromatic heterocycles. The lowest BCUT2D eigenvalue weighted by Crippen LogP contribution is -2.27. The molecule has 4 heteroatoms. The Balaban J connectivity index is 2.20. The van der Waals surface area contributed by atoms with Gasteiger partial charge in [0.05, 0.1) is 10.6 Å². The number of hydrogen-bond acceptors (Lipinski definition) is 2. The number of hydrogen-bond donors (Lipinski definition) is 1. The Morgan fingerprint density at radius 3 is 2.72 bits per heavy atom. The van der Waals surface area contributed by atoms with Gasteiger partial charge in [-0.25, -0.2) is 0 Å². The molecule has 0 radical (unpaired) electrons. The predicted molar refractivity (Wildman–Crippen MR) is 82.6 cm³/mol. The first-order chi connectivity index (χ1) is 8.59. The van der Waals surface area contributed by atoms with Gasteiger partial charge in [0.15, 0.2) is 0 Å².